The van der Waals surface area contributed by atoms with Crippen LogP contribution < -0.4 is 4.74 Å². The summed E-state index contributed by atoms with van der Waals surface area (Å²) in [4.78, 5) is 15.6. The Kier molecular flexibility index (Phi) is 4.96. The molecule has 0 fully saturated rings. The summed E-state index contributed by atoms with van der Waals surface area (Å²) in [6, 6.07) is 8.67. The first kappa shape index (κ1) is 15.5. The monoisotopic (exact) mass is 349 g/mol. The number of benzene rings is 1. The number of carbonyl (C=O) groups is 1. The van der Waals surface area contributed by atoms with E-state index in [1.165, 1.54) is 6.07 Å². The Balaban J connectivity index is 2.36. The SMILES string of the molecule is CCCc1cc(C(=O)O)cc(Oc2ccc(Br)cc2C)n1. The van der Waals surface area contributed by atoms with Gasteiger partial charge < -0.3 is 9.84 Å². The summed E-state index contributed by atoms with van der Waals surface area (Å²) in [6.07, 6.45) is 1.61. The van der Waals surface area contributed by atoms with E-state index < -0.39 is 5.97 Å². The standard InChI is InChI=1S/C16H16BrNO3/c1-3-4-13-8-11(16(19)20)9-15(18-13)21-14-6-5-12(17)7-10(14)2/h5-9H,3-4H2,1-2H3,(H,19,20). The third-order valence-electron chi connectivity index (χ3n) is 2.96. The second kappa shape index (κ2) is 6.72. The van der Waals surface area contributed by atoms with Gasteiger partial charge in [-0.25, -0.2) is 9.78 Å². The van der Waals surface area contributed by atoms with Crippen molar-refractivity contribution in [2.24, 2.45) is 0 Å². The van der Waals surface area contributed by atoms with Crippen molar-refractivity contribution in [3.05, 3.63) is 51.6 Å². The maximum atomic E-state index is 11.2. The van der Waals surface area contributed by atoms with Crippen molar-refractivity contribution in [2.45, 2.75) is 26.7 Å². The van der Waals surface area contributed by atoms with E-state index in [-0.39, 0.29) is 5.56 Å². The number of ether oxygens (including phenoxy) is 1. The number of carboxylic acid groups (broad SMARTS) is 1. The summed E-state index contributed by atoms with van der Waals surface area (Å²) in [5.41, 5.74) is 1.87. The summed E-state index contributed by atoms with van der Waals surface area (Å²) in [5, 5.41) is 9.17. The minimum atomic E-state index is -0.980. The molecule has 1 N–H and O–H groups in total. The minimum absolute atomic E-state index is 0.193. The zero-order valence-electron chi connectivity index (χ0n) is 11.9. The van der Waals surface area contributed by atoms with Crippen molar-refractivity contribution >= 4 is 21.9 Å². The summed E-state index contributed by atoms with van der Waals surface area (Å²) in [5.74, 6) is -0.00779. The van der Waals surface area contributed by atoms with Gasteiger partial charge in [0.15, 0.2) is 0 Å². The van der Waals surface area contributed by atoms with Crippen LogP contribution >= 0.6 is 15.9 Å². The molecule has 1 aromatic heterocycles. The van der Waals surface area contributed by atoms with Crippen LogP contribution in [0, 0.1) is 6.92 Å². The van der Waals surface area contributed by atoms with E-state index in [0.717, 1.165) is 28.6 Å². The predicted octanol–water partition coefficient (Wildman–Crippen LogP) is 4.60. The van der Waals surface area contributed by atoms with Crippen molar-refractivity contribution in [3.8, 4) is 11.6 Å². The van der Waals surface area contributed by atoms with Crippen LogP contribution in [0.15, 0.2) is 34.8 Å². The topological polar surface area (TPSA) is 59.4 Å². The van der Waals surface area contributed by atoms with Crippen molar-refractivity contribution in [2.75, 3.05) is 0 Å². The molecule has 0 radical (unpaired) electrons. The van der Waals surface area contributed by atoms with Gasteiger partial charge in [0.1, 0.15) is 5.75 Å². The zero-order valence-corrected chi connectivity index (χ0v) is 13.5. The fourth-order valence-corrected chi connectivity index (χ4v) is 2.44. The number of halogens is 1. The number of aromatic nitrogens is 1. The lowest BCUT2D eigenvalue weighted by Crippen LogP contribution is -2.02. The molecule has 0 aliphatic rings. The molecule has 0 saturated carbocycles. The highest BCUT2D eigenvalue weighted by Gasteiger charge is 2.11. The number of hydrogen-bond donors (Lipinski definition) is 1. The molecule has 1 heterocycles. The van der Waals surface area contributed by atoms with E-state index >= 15 is 0 Å². The molecule has 2 aromatic rings. The lowest BCUT2D eigenvalue weighted by molar-refractivity contribution is 0.0696. The first-order valence-electron chi connectivity index (χ1n) is 6.68. The fraction of sp³-hybridized carbons (Fsp3) is 0.250. The smallest absolute Gasteiger partial charge is 0.335 e. The normalized spacial score (nSPS) is 10.4. The van der Waals surface area contributed by atoms with E-state index in [2.05, 4.69) is 20.9 Å². The van der Waals surface area contributed by atoms with Gasteiger partial charge in [-0.1, -0.05) is 29.3 Å². The number of aromatic carboxylic acids is 1. The molecule has 2 rings (SSSR count). The van der Waals surface area contributed by atoms with Crippen LogP contribution in [0.5, 0.6) is 11.6 Å². The van der Waals surface area contributed by atoms with E-state index in [0.29, 0.717) is 11.6 Å². The van der Waals surface area contributed by atoms with Gasteiger partial charge in [0.25, 0.3) is 0 Å². The molecule has 0 amide bonds. The summed E-state index contributed by atoms with van der Waals surface area (Å²) in [6.45, 7) is 3.95. The van der Waals surface area contributed by atoms with Crippen LogP contribution in [0.4, 0.5) is 0 Å². The first-order valence-corrected chi connectivity index (χ1v) is 7.47. The largest absolute Gasteiger partial charge is 0.478 e. The van der Waals surface area contributed by atoms with Crippen LogP contribution in [0.1, 0.15) is 35.0 Å². The molecule has 0 atom stereocenters. The number of hydrogen-bond acceptors (Lipinski definition) is 3. The minimum Gasteiger partial charge on any atom is -0.478 e. The fourth-order valence-electron chi connectivity index (χ4n) is 1.96. The average molecular weight is 350 g/mol. The van der Waals surface area contributed by atoms with Gasteiger partial charge in [0, 0.05) is 16.2 Å². The van der Waals surface area contributed by atoms with E-state index in [1.54, 1.807) is 6.07 Å². The molecule has 0 aliphatic carbocycles. The molecule has 110 valence electrons. The Morgan fingerprint density at radius 3 is 2.71 bits per heavy atom. The van der Waals surface area contributed by atoms with Crippen LogP contribution in [0.3, 0.4) is 0 Å². The van der Waals surface area contributed by atoms with Crippen molar-refractivity contribution < 1.29 is 14.6 Å². The van der Waals surface area contributed by atoms with Crippen molar-refractivity contribution in [3.63, 3.8) is 0 Å². The highest BCUT2D eigenvalue weighted by molar-refractivity contribution is 9.10. The quantitative estimate of drug-likeness (QED) is 0.856. The van der Waals surface area contributed by atoms with Crippen LogP contribution in [-0.4, -0.2) is 16.1 Å². The molecular formula is C16H16BrNO3. The van der Waals surface area contributed by atoms with E-state index in [1.807, 2.05) is 32.0 Å². The lowest BCUT2D eigenvalue weighted by Gasteiger charge is -2.10. The Morgan fingerprint density at radius 2 is 2.10 bits per heavy atom. The molecule has 5 heteroatoms. The van der Waals surface area contributed by atoms with Crippen LogP contribution in [-0.2, 0) is 6.42 Å². The van der Waals surface area contributed by atoms with E-state index in [4.69, 9.17) is 9.84 Å². The lowest BCUT2D eigenvalue weighted by atomic mass is 10.1. The summed E-state index contributed by atoms with van der Waals surface area (Å²) in [7, 11) is 0. The third-order valence-corrected chi connectivity index (χ3v) is 3.45. The van der Waals surface area contributed by atoms with Gasteiger partial charge in [-0.15, -0.1) is 0 Å². The highest BCUT2D eigenvalue weighted by atomic mass is 79.9. The molecule has 0 spiro atoms. The first-order chi connectivity index (χ1) is 9.99. The Morgan fingerprint density at radius 1 is 1.33 bits per heavy atom. The number of pyridine rings is 1. The van der Waals surface area contributed by atoms with Gasteiger partial charge in [0.05, 0.1) is 5.56 Å². The van der Waals surface area contributed by atoms with E-state index in [9.17, 15) is 4.79 Å². The predicted molar refractivity (Wildman–Crippen MR) is 84.1 cm³/mol. The van der Waals surface area contributed by atoms with Crippen LogP contribution in [0.2, 0.25) is 0 Å². The number of aryl methyl sites for hydroxylation is 2. The van der Waals surface area contributed by atoms with Crippen molar-refractivity contribution in [1.29, 1.82) is 0 Å². The molecule has 0 saturated heterocycles. The van der Waals surface area contributed by atoms with Gasteiger partial charge in [-0.3, -0.25) is 0 Å². The highest BCUT2D eigenvalue weighted by Crippen LogP contribution is 2.27. The van der Waals surface area contributed by atoms with Crippen LogP contribution in [0.25, 0.3) is 0 Å². The summed E-state index contributed by atoms with van der Waals surface area (Å²) >= 11 is 3.40. The average Bonchev–Trinajstić information content (AvgIpc) is 2.42. The van der Waals surface area contributed by atoms with Gasteiger partial charge in [-0.05, 0) is 43.2 Å². The Labute approximate surface area is 131 Å². The maximum absolute atomic E-state index is 11.2. The second-order valence-corrected chi connectivity index (χ2v) is 5.67. The van der Waals surface area contributed by atoms with Gasteiger partial charge in [-0.2, -0.15) is 0 Å². The molecule has 4 nitrogen and oxygen atoms in total. The van der Waals surface area contributed by atoms with Gasteiger partial charge in [0.2, 0.25) is 5.88 Å². The molecular weight excluding hydrogens is 334 g/mol. The molecule has 21 heavy (non-hydrogen) atoms. The Hall–Kier alpha value is -1.88. The molecule has 0 unspecified atom stereocenters. The third kappa shape index (κ3) is 4.04. The maximum Gasteiger partial charge on any atom is 0.335 e. The number of rotatable bonds is 5. The number of nitrogens with zero attached hydrogens (tertiary/aromatic N) is 1. The van der Waals surface area contributed by atoms with Gasteiger partial charge >= 0.3 is 5.97 Å². The van der Waals surface area contributed by atoms with Crippen molar-refractivity contribution in [1.82, 2.24) is 4.98 Å². The zero-order chi connectivity index (χ0) is 15.4. The molecule has 1 aromatic carbocycles. The Bertz CT molecular complexity index is 671. The molecule has 0 aliphatic heterocycles. The molecule has 0 bridgehead atoms. The second-order valence-electron chi connectivity index (χ2n) is 4.75. The number of carboxylic acids is 1. The summed E-state index contributed by atoms with van der Waals surface area (Å²) < 4.78 is 6.71.